The average Bonchev–Trinajstić information content (AvgIpc) is 2.52. The molecule has 1 atom stereocenters. The molecule has 126 valence electrons. The molecule has 2 aromatic rings. The lowest BCUT2D eigenvalue weighted by atomic mass is 9.80. The average molecular weight is 361 g/mol. The van der Waals surface area contributed by atoms with Crippen molar-refractivity contribution in [1.29, 1.82) is 0 Å². The predicted octanol–water partition coefficient (Wildman–Crippen LogP) is 6.47. The molecule has 1 aliphatic rings. The predicted molar refractivity (Wildman–Crippen MR) is 106 cm³/mol. The fourth-order valence-electron chi connectivity index (χ4n) is 3.37. The zero-order valence-electron chi connectivity index (χ0n) is 14.5. The Balaban J connectivity index is 1.97. The van der Waals surface area contributed by atoms with Crippen LogP contribution in [0.25, 0.3) is 0 Å². The minimum Gasteiger partial charge on any atom is -0.369 e. The Morgan fingerprint density at radius 1 is 1.17 bits per heavy atom. The molecule has 1 heterocycles. The van der Waals surface area contributed by atoms with Gasteiger partial charge in [0, 0.05) is 35.1 Å². The quantitative estimate of drug-likeness (QED) is 0.560. The Morgan fingerprint density at radius 2 is 1.83 bits per heavy atom. The van der Waals surface area contributed by atoms with Gasteiger partial charge in [0.1, 0.15) is 0 Å². The lowest BCUT2D eigenvalue weighted by molar-refractivity contribution is 0.395. The highest BCUT2D eigenvalue weighted by atomic mass is 35.5. The van der Waals surface area contributed by atoms with Crippen molar-refractivity contribution >= 4 is 40.8 Å². The van der Waals surface area contributed by atoms with E-state index < -0.39 is 0 Å². The molecule has 4 heteroatoms. The molecule has 0 saturated carbocycles. The van der Waals surface area contributed by atoms with Crippen LogP contribution in [0.4, 0.5) is 11.4 Å². The molecular formula is C20H22Cl2N2. The third-order valence-electron chi connectivity index (χ3n) is 4.93. The maximum atomic E-state index is 6.52. The first-order valence-corrected chi connectivity index (χ1v) is 8.90. The fraction of sp³-hybridized carbons (Fsp3) is 0.350. The van der Waals surface area contributed by atoms with Crippen LogP contribution in [0.1, 0.15) is 44.2 Å². The van der Waals surface area contributed by atoms with Crippen molar-refractivity contribution < 1.29 is 0 Å². The molecule has 1 aliphatic heterocycles. The van der Waals surface area contributed by atoms with Crippen LogP contribution in [0, 0.1) is 0 Å². The van der Waals surface area contributed by atoms with Gasteiger partial charge in [-0.25, -0.2) is 0 Å². The maximum absolute atomic E-state index is 6.52. The summed E-state index contributed by atoms with van der Waals surface area (Å²) < 4.78 is 0. The molecule has 2 nitrogen and oxygen atoms in total. The van der Waals surface area contributed by atoms with E-state index in [1.54, 1.807) is 0 Å². The first-order valence-electron chi connectivity index (χ1n) is 8.15. The zero-order valence-corrected chi connectivity index (χ0v) is 16.0. The van der Waals surface area contributed by atoms with Crippen molar-refractivity contribution in [1.82, 2.24) is 0 Å². The van der Waals surface area contributed by atoms with Crippen molar-refractivity contribution in [3.05, 3.63) is 57.6 Å². The van der Waals surface area contributed by atoms with E-state index in [0.29, 0.717) is 10.9 Å². The molecule has 0 amide bonds. The van der Waals surface area contributed by atoms with E-state index >= 15 is 0 Å². The van der Waals surface area contributed by atoms with Gasteiger partial charge in [0.25, 0.3) is 0 Å². The molecule has 0 bridgehead atoms. The summed E-state index contributed by atoms with van der Waals surface area (Å²) in [6, 6.07) is 11.7. The molecule has 0 aliphatic carbocycles. The van der Waals surface area contributed by atoms with E-state index in [1.807, 2.05) is 30.5 Å². The van der Waals surface area contributed by atoms with E-state index in [2.05, 4.69) is 49.8 Å². The standard InChI is InChI=1S/C20H22Cl2N2/c1-13-11-20(2,3)24(4)19-10-18(22)14(9-17(13)19)12-23-16-7-5-15(21)6-8-16/h5-10,12-13H,11H2,1-4H3/t13-/m1/s1. The highest BCUT2D eigenvalue weighted by Crippen LogP contribution is 2.44. The number of hydrogen-bond donors (Lipinski definition) is 0. The molecule has 3 rings (SSSR count). The summed E-state index contributed by atoms with van der Waals surface area (Å²) in [5.74, 6) is 0.492. The highest BCUT2D eigenvalue weighted by molar-refractivity contribution is 6.33. The SMILES string of the molecule is C[C@@H]1CC(C)(C)N(C)c2cc(Cl)c(C=Nc3ccc(Cl)cc3)cc21. The number of fused-ring (bicyclic) bond motifs is 1. The minimum absolute atomic E-state index is 0.134. The molecule has 0 unspecified atom stereocenters. The number of hydrogen-bond acceptors (Lipinski definition) is 2. The van der Waals surface area contributed by atoms with Crippen LogP contribution in [-0.4, -0.2) is 18.8 Å². The molecule has 0 radical (unpaired) electrons. The molecule has 24 heavy (non-hydrogen) atoms. The summed E-state index contributed by atoms with van der Waals surface area (Å²) in [4.78, 5) is 6.85. The second-order valence-corrected chi connectivity index (χ2v) is 7.99. The van der Waals surface area contributed by atoms with E-state index in [-0.39, 0.29) is 5.54 Å². The van der Waals surface area contributed by atoms with Gasteiger partial charge in [0.2, 0.25) is 0 Å². The summed E-state index contributed by atoms with van der Waals surface area (Å²) in [6.45, 7) is 6.83. The number of halogens is 2. The van der Waals surface area contributed by atoms with Gasteiger partial charge in [-0.1, -0.05) is 30.1 Å². The van der Waals surface area contributed by atoms with Crippen molar-refractivity contribution in [2.75, 3.05) is 11.9 Å². The summed E-state index contributed by atoms with van der Waals surface area (Å²) in [7, 11) is 2.14. The number of aliphatic imine (C=N–C) groups is 1. The third kappa shape index (κ3) is 3.31. The van der Waals surface area contributed by atoms with Crippen LogP contribution >= 0.6 is 23.2 Å². The fourth-order valence-corrected chi connectivity index (χ4v) is 3.71. The normalized spacial score (nSPS) is 19.6. The lowest BCUT2D eigenvalue weighted by Gasteiger charge is -2.45. The maximum Gasteiger partial charge on any atom is 0.0630 e. The monoisotopic (exact) mass is 360 g/mol. The lowest BCUT2D eigenvalue weighted by Crippen LogP contribution is -2.45. The van der Waals surface area contributed by atoms with Crippen LogP contribution in [0.15, 0.2) is 41.4 Å². The number of rotatable bonds is 2. The first-order chi connectivity index (χ1) is 11.3. The van der Waals surface area contributed by atoms with E-state index in [4.69, 9.17) is 23.2 Å². The third-order valence-corrected chi connectivity index (χ3v) is 5.51. The van der Waals surface area contributed by atoms with Crippen molar-refractivity contribution in [3.63, 3.8) is 0 Å². The van der Waals surface area contributed by atoms with Gasteiger partial charge in [0.05, 0.1) is 10.7 Å². The van der Waals surface area contributed by atoms with Gasteiger partial charge < -0.3 is 4.90 Å². The molecule has 0 fully saturated rings. The van der Waals surface area contributed by atoms with Crippen LogP contribution in [0.3, 0.4) is 0 Å². The van der Waals surface area contributed by atoms with Crippen LogP contribution in [0.5, 0.6) is 0 Å². The van der Waals surface area contributed by atoms with Crippen LogP contribution in [0.2, 0.25) is 10.0 Å². The molecule has 0 spiro atoms. The van der Waals surface area contributed by atoms with E-state index in [0.717, 1.165) is 22.7 Å². The summed E-state index contributed by atoms with van der Waals surface area (Å²) in [5, 5.41) is 1.43. The largest absolute Gasteiger partial charge is 0.369 e. The molecule has 2 aromatic carbocycles. The summed E-state index contributed by atoms with van der Waals surface area (Å²) in [5.41, 5.74) is 4.49. The van der Waals surface area contributed by atoms with Gasteiger partial charge in [-0.15, -0.1) is 0 Å². The number of benzene rings is 2. The van der Waals surface area contributed by atoms with E-state index in [9.17, 15) is 0 Å². The Morgan fingerprint density at radius 3 is 2.50 bits per heavy atom. The Labute approximate surface area is 154 Å². The second-order valence-electron chi connectivity index (χ2n) is 7.14. The minimum atomic E-state index is 0.134. The Kier molecular flexibility index (Phi) is 4.63. The van der Waals surface area contributed by atoms with Crippen molar-refractivity contribution in [2.24, 2.45) is 4.99 Å². The molecular weight excluding hydrogens is 339 g/mol. The van der Waals surface area contributed by atoms with Gasteiger partial charge in [-0.05, 0) is 68.1 Å². The topological polar surface area (TPSA) is 15.6 Å². The molecule has 0 saturated heterocycles. The van der Waals surface area contributed by atoms with Gasteiger partial charge >= 0.3 is 0 Å². The number of nitrogens with zero attached hydrogens (tertiary/aromatic N) is 2. The van der Waals surface area contributed by atoms with Gasteiger partial charge in [0.15, 0.2) is 0 Å². The van der Waals surface area contributed by atoms with E-state index in [1.165, 1.54) is 11.3 Å². The van der Waals surface area contributed by atoms with Gasteiger partial charge in [-0.2, -0.15) is 0 Å². The van der Waals surface area contributed by atoms with Crippen molar-refractivity contribution in [3.8, 4) is 0 Å². The molecule has 0 aromatic heterocycles. The first kappa shape index (κ1) is 17.3. The smallest absolute Gasteiger partial charge is 0.0630 e. The van der Waals surface area contributed by atoms with Crippen molar-refractivity contribution in [2.45, 2.75) is 38.6 Å². The van der Waals surface area contributed by atoms with Crippen LogP contribution in [-0.2, 0) is 0 Å². The number of anilines is 1. The summed E-state index contributed by atoms with van der Waals surface area (Å²) >= 11 is 12.4. The van der Waals surface area contributed by atoms with Crippen LogP contribution < -0.4 is 4.90 Å². The zero-order chi connectivity index (χ0) is 17.5. The van der Waals surface area contributed by atoms with Gasteiger partial charge in [-0.3, -0.25) is 4.99 Å². The second kappa shape index (κ2) is 6.42. The molecule has 0 N–H and O–H groups in total. The summed E-state index contributed by atoms with van der Waals surface area (Å²) in [6.07, 6.45) is 2.95. The highest BCUT2D eigenvalue weighted by Gasteiger charge is 2.34. The Bertz CT molecular complexity index is 779. The Hall–Kier alpha value is -1.51.